The molecule has 1 saturated heterocycles. The van der Waals surface area contributed by atoms with Crippen LogP contribution < -0.4 is 11.0 Å². The monoisotopic (exact) mass is 319 g/mol. The van der Waals surface area contributed by atoms with E-state index in [2.05, 4.69) is 10.3 Å². The molecule has 9 heteroatoms. The second-order valence-electron chi connectivity index (χ2n) is 5.43. The fraction of sp³-hybridized carbons (Fsp3) is 0.692. The minimum Gasteiger partial charge on any atom is -0.394 e. The summed E-state index contributed by atoms with van der Waals surface area (Å²) >= 11 is 0. The Bertz CT molecular complexity index is 566. The van der Waals surface area contributed by atoms with Gasteiger partial charge in [-0.15, -0.1) is 0 Å². The summed E-state index contributed by atoms with van der Waals surface area (Å²) in [6.45, 7) is 3.02. The molecule has 3 N–H and O–H groups in total. The lowest BCUT2D eigenvalue weighted by molar-refractivity contribution is -0.220. The molecule has 1 aliphatic heterocycles. The highest BCUT2D eigenvalue weighted by atomic mass is 19.2. The van der Waals surface area contributed by atoms with Crippen LogP contribution >= 0.6 is 0 Å². The molecule has 1 aromatic rings. The summed E-state index contributed by atoms with van der Waals surface area (Å²) in [6, 6.07) is 1.48. The SMILES string of the molecule is CC(C)Nc1ccn([C@@H]2O[C@H](CO)[C@H](O)[C@H](F)C2F)c(=O)n1. The highest BCUT2D eigenvalue weighted by Crippen LogP contribution is 2.31. The van der Waals surface area contributed by atoms with Crippen LogP contribution in [0.4, 0.5) is 14.6 Å². The van der Waals surface area contributed by atoms with E-state index in [1.165, 1.54) is 12.3 Å². The van der Waals surface area contributed by atoms with Crippen LogP contribution in [0.15, 0.2) is 17.1 Å². The summed E-state index contributed by atoms with van der Waals surface area (Å²) in [6.07, 6.45) is -7.98. The van der Waals surface area contributed by atoms with Crippen molar-refractivity contribution in [2.24, 2.45) is 0 Å². The van der Waals surface area contributed by atoms with Gasteiger partial charge in [-0.1, -0.05) is 0 Å². The van der Waals surface area contributed by atoms with Crippen molar-refractivity contribution in [3.8, 4) is 0 Å². The number of alkyl halides is 2. The molecule has 124 valence electrons. The number of nitrogens with zero attached hydrogens (tertiary/aromatic N) is 2. The van der Waals surface area contributed by atoms with Gasteiger partial charge in [0.2, 0.25) is 0 Å². The molecule has 0 radical (unpaired) electrons. The summed E-state index contributed by atoms with van der Waals surface area (Å²) in [5.41, 5.74) is -0.821. The molecule has 7 nitrogen and oxygen atoms in total. The Morgan fingerprint density at radius 1 is 1.45 bits per heavy atom. The lowest BCUT2D eigenvalue weighted by Gasteiger charge is -2.38. The van der Waals surface area contributed by atoms with Crippen LogP contribution in [-0.4, -0.2) is 57.0 Å². The fourth-order valence-electron chi connectivity index (χ4n) is 2.24. The fourth-order valence-corrected chi connectivity index (χ4v) is 2.24. The molecule has 1 aliphatic rings. The zero-order valence-corrected chi connectivity index (χ0v) is 12.2. The second kappa shape index (κ2) is 6.67. The molecular formula is C13H19F2N3O4. The first-order valence-electron chi connectivity index (χ1n) is 6.93. The van der Waals surface area contributed by atoms with E-state index in [0.717, 1.165) is 4.57 Å². The van der Waals surface area contributed by atoms with Crippen LogP contribution in [0.1, 0.15) is 20.1 Å². The van der Waals surface area contributed by atoms with Gasteiger partial charge in [-0.2, -0.15) is 4.98 Å². The van der Waals surface area contributed by atoms with E-state index in [4.69, 9.17) is 9.84 Å². The molecular weight excluding hydrogens is 300 g/mol. The highest BCUT2D eigenvalue weighted by molar-refractivity contribution is 5.32. The molecule has 0 bridgehead atoms. The molecule has 1 aromatic heterocycles. The van der Waals surface area contributed by atoms with Gasteiger partial charge in [0.15, 0.2) is 18.6 Å². The molecule has 0 spiro atoms. The summed E-state index contributed by atoms with van der Waals surface area (Å²) in [4.78, 5) is 15.7. The van der Waals surface area contributed by atoms with E-state index >= 15 is 0 Å². The predicted molar refractivity (Wildman–Crippen MR) is 74.1 cm³/mol. The predicted octanol–water partition coefficient (Wildman–Crippen LogP) is -0.00960. The Kier molecular flexibility index (Phi) is 5.09. The topological polar surface area (TPSA) is 96.6 Å². The van der Waals surface area contributed by atoms with E-state index in [0.29, 0.717) is 5.82 Å². The van der Waals surface area contributed by atoms with Crippen molar-refractivity contribution in [2.75, 3.05) is 11.9 Å². The molecule has 0 aliphatic carbocycles. The van der Waals surface area contributed by atoms with Gasteiger partial charge >= 0.3 is 5.69 Å². The number of anilines is 1. The Morgan fingerprint density at radius 2 is 2.14 bits per heavy atom. The summed E-state index contributed by atoms with van der Waals surface area (Å²) in [5.74, 6) is 0.304. The van der Waals surface area contributed by atoms with E-state index in [-0.39, 0.29) is 6.04 Å². The smallest absolute Gasteiger partial charge is 0.351 e. The standard InChI is InChI=1S/C13H19F2N3O4/c1-6(2)16-8-3-4-18(13(21)17-8)12-10(15)9(14)11(20)7(5-19)22-12/h3-4,6-7,9-12,19-20H,5H2,1-2H3,(H,16,17,21)/t7-,9-,10?,11+,12-/m1/s1. The lowest BCUT2D eigenvalue weighted by Crippen LogP contribution is -2.54. The first-order valence-corrected chi connectivity index (χ1v) is 6.93. The van der Waals surface area contributed by atoms with Crippen LogP contribution in [-0.2, 0) is 4.74 Å². The quantitative estimate of drug-likeness (QED) is 0.722. The Labute approximate surface area is 125 Å². The Balaban J connectivity index is 2.28. The molecule has 2 rings (SSSR count). The van der Waals surface area contributed by atoms with Gasteiger partial charge in [0.1, 0.15) is 18.0 Å². The number of hydrogen-bond acceptors (Lipinski definition) is 6. The minimum atomic E-state index is -2.27. The first kappa shape index (κ1) is 16.8. The normalized spacial score (nSPS) is 32.2. The number of halogens is 2. The van der Waals surface area contributed by atoms with Gasteiger partial charge in [-0.3, -0.25) is 4.57 Å². The highest BCUT2D eigenvalue weighted by Gasteiger charge is 2.47. The van der Waals surface area contributed by atoms with Gasteiger partial charge in [0, 0.05) is 12.2 Å². The van der Waals surface area contributed by atoms with Crippen LogP contribution in [0.25, 0.3) is 0 Å². The van der Waals surface area contributed by atoms with Crippen molar-refractivity contribution < 1.29 is 23.7 Å². The maximum atomic E-state index is 14.0. The summed E-state index contributed by atoms with van der Waals surface area (Å²) < 4.78 is 33.7. The summed E-state index contributed by atoms with van der Waals surface area (Å²) in [5, 5.41) is 21.4. The van der Waals surface area contributed by atoms with E-state index in [1.54, 1.807) is 0 Å². The molecule has 0 aromatic carbocycles. The maximum Gasteiger partial charge on any atom is 0.351 e. The number of rotatable bonds is 4. The third-order valence-electron chi connectivity index (χ3n) is 3.32. The van der Waals surface area contributed by atoms with Gasteiger partial charge in [-0.05, 0) is 19.9 Å². The number of ether oxygens (including phenoxy) is 1. The van der Waals surface area contributed by atoms with Crippen molar-refractivity contribution >= 4 is 5.82 Å². The van der Waals surface area contributed by atoms with Gasteiger partial charge in [-0.25, -0.2) is 13.6 Å². The van der Waals surface area contributed by atoms with Crippen molar-refractivity contribution in [2.45, 2.75) is 50.7 Å². The largest absolute Gasteiger partial charge is 0.394 e. The number of nitrogens with one attached hydrogen (secondary N) is 1. The molecule has 2 heterocycles. The van der Waals surface area contributed by atoms with Gasteiger partial charge in [0.05, 0.1) is 6.61 Å². The van der Waals surface area contributed by atoms with E-state index in [9.17, 15) is 18.7 Å². The average Bonchev–Trinajstić information content (AvgIpc) is 2.46. The average molecular weight is 319 g/mol. The second-order valence-corrected chi connectivity index (χ2v) is 5.43. The molecule has 5 atom stereocenters. The molecule has 1 unspecified atom stereocenters. The Morgan fingerprint density at radius 3 is 2.68 bits per heavy atom. The van der Waals surface area contributed by atoms with Crippen molar-refractivity contribution in [1.29, 1.82) is 0 Å². The molecule has 0 saturated carbocycles. The minimum absolute atomic E-state index is 0.0479. The number of aromatic nitrogens is 2. The van der Waals surface area contributed by atoms with Crippen molar-refractivity contribution in [3.05, 3.63) is 22.7 Å². The van der Waals surface area contributed by atoms with E-state index < -0.39 is 43.1 Å². The van der Waals surface area contributed by atoms with Crippen molar-refractivity contribution in [3.63, 3.8) is 0 Å². The van der Waals surface area contributed by atoms with Crippen LogP contribution in [0.2, 0.25) is 0 Å². The Hall–Kier alpha value is -1.58. The third kappa shape index (κ3) is 3.26. The van der Waals surface area contributed by atoms with Crippen LogP contribution in [0.3, 0.4) is 0 Å². The molecule has 22 heavy (non-hydrogen) atoms. The number of aliphatic hydroxyl groups excluding tert-OH is 2. The molecule has 0 amide bonds. The zero-order valence-electron chi connectivity index (χ0n) is 12.2. The number of hydrogen-bond donors (Lipinski definition) is 3. The lowest BCUT2D eigenvalue weighted by atomic mass is 10.0. The number of aliphatic hydroxyl groups is 2. The van der Waals surface area contributed by atoms with Crippen molar-refractivity contribution in [1.82, 2.24) is 9.55 Å². The van der Waals surface area contributed by atoms with E-state index in [1.807, 2.05) is 13.8 Å². The zero-order chi connectivity index (χ0) is 16.4. The van der Waals surface area contributed by atoms with Crippen LogP contribution in [0, 0.1) is 0 Å². The molecule has 1 fully saturated rings. The van der Waals surface area contributed by atoms with Crippen LogP contribution in [0.5, 0.6) is 0 Å². The van der Waals surface area contributed by atoms with Gasteiger partial charge in [0.25, 0.3) is 0 Å². The first-order chi connectivity index (χ1) is 10.3. The van der Waals surface area contributed by atoms with Gasteiger partial charge < -0.3 is 20.3 Å². The third-order valence-corrected chi connectivity index (χ3v) is 3.32. The summed E-state index contributed by atoms with van der Waals surface area (Å²) in [7, 11) is 0. The maximum absolute atomic E-state index is 14.0.